The van der Waals surface area contributed by atoms with Crippen molar-refractivity contribution in [2.24, 2.45) is 0 Å². The van der Waals surface area contributed by atoms with E-state index in [9.17, 15) is 4.79 Å². The molecule has 0 radical (unpaired) electrons. The van der Waals surface area contributed by atoms with E-state index in [0.29, 0.717) is 25.4 Å². The monoisotopic (exact) mass is 280 g/mol. The first-order valence-electron chi connectivity index (χ1n) is 7.14. The minimum absolute atomic E-state index is 0.266. The van der Waals surface area contributed by atoms with Crippen LogP contribution in [0.5, 0.6) is 0 Å². The summed E-state index contributed by atoms with van der Waals surface area (Å²) in [6.07, 6.45) is 2.21. The van der Waals surface area contributed by atoms with Crippen LogP contribution in [0.3, 0.4) is 0 Å². The Balaban J connectivity index is 2.04. The molecule has 0 amide bonds. The first-order chi connectivity index (χ1) is 9.75. The fourth-order valence-electron chi connectivity index (χ4n) is 1.64. The van der Waals surface area contributed by atoms with E-state index in [1.807, 2.05) is 25.1 Å². The van der Waals surface area contributed by atoms with Crippen molar-refractivity contribution >= 4 is 5.97 Å². The summed E-state index contributed by atoms with van der Waals surface area (Å²) in [5, 5.41) is 0. The summed E-state index contributed by atoms with van der Waals surface area (Å²) in [4.78, 5) is 11.8. The maximum Gasteiger partial charge on any atom is 0.338 e. The fourth-order valence-corrected chi connectivity index (χ4v) is 1.64. The van der Waals surface area contributed by atoms with Crippen LogP contribution in [0.25, 0.3) is 0 Å². The van der Waals surface area contributed by atoms with Crippen LogP contribution in [0, 0.1) is 6.92 Å². The Bertz CT molecular complexity index is 390. The Hall–Kier alpha value is -1.39. The molecule has 0 heterocycles. The average Bonchev–Trinajstić information content (AvgIpc) is 2.46. The van der Waals surface area contributed by atoms with Gasteiger partial charge in [0, 0.05) is 6.61 Å². The zero-order valence-electron chi connectivity index (χ0n) is 12.4. The summed E-state index contributed by atoms with van der Waals surface area (Å²) in [6.45, 7) is 6.58. The predicted molar refractivity (Wildman–Crippen MR) is 78.0 cm³/mol. The molecule has 1 aromatic carbocycles. The molecule has 0 bridgehead atoms. The van der Waals surface area contributed by atoms with E-state index in [1.165, 1.54) is 0 Å². The first-order valence-corrected chi connectivity index (χ1v) is 7.14. The van der Waals surface area contributed by atoms with Crippen LogP contribution in [0.1, 0.15) is 35.7 Å². The largest absolute Gasteiger partial charge is 0.460 e. The van der Waals surface area contributed by atoms with Crippen LogP contribution >= 0.6 is 0 Å². The Morgan fingerprint density at radius 2 is 1.65 bits per heavy atom. The molecule has 0 aromatic heterocycles. The molecule has 0 aliphatic carbocycles. The van der Waals surface area contributed by atoms with Gasteiger partial charge in [0.25, 0.3) is 0 Å². The van der Waals surface area contributed by atoms with Gasteiger partial charge in [-0.2, -0.15) is 0 Å². The molecule has 4 heteroatoms. The third-order valence-electron chi connectivity index (χ3n) is 2.84. The Morgan fingerprint density at radius 1 is 1.00 bits per heavy atom. The summed E-state index contributed by atoms with van der Waals surface area (Å²) in [5.41, 5.74) is 1.53. The first kappa shape index (κ1) is 16.7. The van der Waals surface area contributed by atoms with Gasteiger partial charge in [-0.1, -0.05) is 31.5 Å². The van der Waals surface area contributed by atoms with Gasteiger partial charge in [0.1, 0.15) is 6.61 Å². The molecule has 1 rings (SSSR count). The number of hydrogen-bond donors (Lipinski definition) is 0. The molecule has 0 atom stereocenters. The second-order valence-electron chi connectivity index (χ2n) is 4.53. The number of carbonyl (C=O) groups is 1. The molecular weight excluding hydrogens is 256 g/mol. The highest BCUT2D eigenvalue weighted by molar-refractivity contribution is 5.90. The molecular formula is C16H24O4. The van der Waals surface area contributed by atoms with Crippen LogP contribution < -0.4 is 0 Å². The number of unbranched alkanes of at least 4 members (excludes halogenated alkanes) is 1. The highest BCUT2D eigenvalue weighted by Crippen LogP contribution is 2.08. The number of ether oxygens (including phenoxy) is 3. The summed E-state index contributed by atoms with van der Waals surface area (Å²) in [5.74, 6) is -0.300. The van der Waals surface area contributed by atoms with E-state index in [1.54, 1.807) is 6.07 Å². The second-order valence-corrected chi connectivity index (χ2v) is 4.53. The lowest BCUT2D eigenvalue weighted by Gasteiger charge is -2.08. The quantitative estimate of drug-likeness (QED) is 0.488. The van der Waals surface area contributed by atoms with Crippen LogP contribution in [0.15, 0.2) is 24.3 Å². The molecule has 0 aliphatic heterocycles. The Kier molecular flexibility index (Phi) is 8.67. The Labute approximate surface area is 121 Å². The summed E-state index contributed by atoms with van der Waals surface area (Å²) in [6, 6.07) is 7.38. The molecule has 112 valence electrons. The molecule has 0 fully saturated rings. The SMILES string of the molecule is CCCCOCCOCCOC(=O)c1ccccc1C. The molecule has 20 heavy (non-hydrogen) atoms. The molecule has 0 aliphatic rings. The van der Waals surface area contributed by atoms with Crippen LogP contribution in [0.2, 0.25) is 0 Å². The van der Waals surface area contributed by atoms with Gasteiger partial charge in [0.2, 0.25) is 0 Å². The van der Waals surface area contributed by atoms with E-state index >= 15 is 0 Å². The number of esters is 1. The van der Waals surface area contributed by atoms with Gasteiger partial charge >= 0.3 is 5.97 Å². The maximum absolute atomic E-state index is 11.8. The number of hydrogen-bond acceptors (Lipinski definition) is 4. The van der Waals surface area contributed by atoms with Crippen molar-refractivity contribution in [2.45, 2.75) is 26.7 Å². The standard InChI is InChI=1S/C16H24O4/c1-3-4-9-18-10-11-19-12-13-20-16(17)15-8-6-5-7-14(15)2/h5-8H,3-4,9-13H2,1-2H3. The summed E-state index contributed by atoms with van der Waals surface area (Å²) < 4.78 is 15.8. The molecule has 1 aromatic rings. The lowest BCUT2D eigenvalue weighted by molar-refractivity contribution is 0.0143. The molecule has 4 nitrogen and oxygen atoms in total. The average molecular weight is 280 g/mol. The lowest BCUT2D eigenvalue weighted by atomic mass is 10.1. The van der Waals surface area contributed by atoms with Crippen molar-refractivity contribution < 1.29 is 19.0 Å². The second kappa shape index (κ2) is 10.4. The van der Waals surface area contributed by atoms with E-state index < -0.39 is 0 Å². The third-order valence-corrected chi connectivity index (χ3v) is 2.84. The Morgan fingerprint density at radius 3 is 2.35 bits per heavy atom. The topological polar surface area (TPSA) is 44.8 Å². The van der Waals surface area contributed by atoms with Gasteiger partial charge in [0.15, 0.2) is 0 Å². The van der Waals surface area contributed by atoms with Gasteiger partial charge in [-0.25, -0.2) is 4.79 Å². The number of carbonyl (C=O) groups excluding carboxylic acids is 1. The van der Waals surface area contributed by atoms with Crippen molar-refractivity contribution in [1.82, 2.24) is 0 Å². The maximum atomic E-state index is 11.8. The summed E-state index contributed by atoms with van der Waals surface area (Å²) in [7, 11) is 0. The molecule has 0 saturated heterocycles. The van der Waals surface area contributed by atoms with Crippen molar-refractivity contribution in [1.29, 1.82) is 0 Å². The molecule has 0 saturated carbocycles. The highest BCUT2D eigenvalue weighted by atomic mass is 16.6. The zero-order valence-corrected chi connectivity index (χ0v) is 12.4. The minimum atomic E-state index is -0.300. The highest BCUT2D eigenvalue weighted by Gasteiger charge is 2.08. The van der Waals surface area contributed by atoms with E-state index in [2.05, 4.69) is 6.92 Å². The minimum Gasteiger partial charge on any atom is -0.460 e. The zero-order chi connectivity index (χ0) is 14.6. The van der Waals surface area contributed by atoms with E-state index in [-0.39, 0.29) is 12.6 Å². The lowest BCUT2D eigenvalue weighted by Crippen LogP contribution is -2.13. The van der Waals surface area contributed by atoms with Crippen LogP contribution in [-0.2, 0) is 14.2 Å². The van der Waals surface area contributed by atoms with Crippen molar-refractivity contribution in [3.05, 3.63) is 35.4 Å². The predicted octanol–water partition coefficient (Wildman–Crippen LogP) is 2.99. The van der Waals surface area contributed by atoms with Gasteiger partial charge in [-0.15, -0.1) is 0 Å². The van der Waals surface area contributed by atoms with E-state index in [0.717, 1.165) is 25.0 Å². The van der Waals surface area contributed by atoms with Gasteiger partial charge < -0.3 is 14.2 Å². The number of rotatable bonds is 10. The van der Waals surface area contributed by atoms with Crippen LogP contribution in [0.4, 0.5) is 0 Å². The van der Waals surface area contributed by atoms with Gasteiger partial charge in [0.05, 0.1) is 25.4 Å². The number of benzene rings is 1. The summed E-state index contributed by atoms with van der Waals surface area (Å²) >= 11 is 0. The van der Waals surface area contributed by atoms with Crippen molar-refractivity contribution in [3.8, 4) is 0 Å². The third kappa shape index (κ3) is 6.68. The molecule has 0 N–H and O–H groups in total. The smallest absolute Gasteiger partial charge is 0.338 e. The van der Waals surface area contributed by atoms with Crippen molar-refractivity contribution in [2.75, 3.05) is 33.0 Å². The van der Waals surface area contributed by atoms with Crippen molar-refractivity contribution in [3.63, 3.8) is 0 Å². The van der Waals surface area contributed by atoms with E-state index in [4.69, 9.17) is 14.2 Å². The normalized spacial score (nSPS) is 10.5. The van der Waals surface area contributed by atoms with Crippen LogP contribution in [-0.4, -0.2) is 39.0 Å². The van der Waals surface area contributed by atoms with Gasteiger partial charge in [-0.3, -0.25) is 0 Å². The number of aryl methyl sites for hydroxylation is 1. The molecule has 0 spiro atoms. The fraction of sp³-hybridized carbons (Fsp3) is 0.562. The van der Waals surface area contributed by atoms with Gasteiger partial charge in [-0.05, 0) is 25.0 Å². The molecule has 0 unspecified atom stereocenters.